The first kappa shape index (κ1) is 11.0. The average Bonchev–Trinajstić information content (AvgIpc) is 2.20. The molecule has 1 aromatic carbocycles. The highest BCUT2D eigenvalue weighted by Crippen LogP contribution is 2.19. The van der Waals surface area contributed by atoms with Crippen molar-refractivity contribution in [2.24, 2.45) is 5.11 Å². The van der Waals surface area contributed by atoms with Gasteiger partial charge in [-0.3, -0.25) is 4.79 Å². The van der Waals surface area contributed by atoms with Crippen LogP contribution >= 0.6 is 0 Å². The molecule has 0 bridgehead atoms. The summed E-state index contributed by atoms with van der Waals surface area (Å²) in [7, 11) is 0. The second kappa shape index (κ2) is 3.97. The molecule has 1 amide bonds. The Morgan fingerprint density at radius 3 is 2.33 bits per heavy atom. The number of nitrogens with zero attached hydrogens (tertiary/aromatic N) is 3. The van der Waals surface area contributed by atoms with Crippen LogP contribution in [0.2, 0.25) is 0 Å². The lowest BCUT2D eigenvalue weighted by Crippen LogP contribution is -2.05. The number of carbonyl (C=O) groups is 1. The van der Waals surface area contributed by atoms with Gasteiger partial charge in [-0.2, -0.15) is 0 Å². The number of carbonyl (C=O) groups excluding carboxylic acids is 1. The second-order valence-electron chi connectivity index (χ2n) is 2.34. The SMILES string of the molecule is [N-]=[N+]=NC(=O)c1cc(F)c(F)c(F)c1F. The van der Waals surface area contributed by atoms with Gasteiger partial charge in [-0.05, 0) is 16.7 Å². The molecule has 0 saturated heterocycles. The van der Waals surface area contributed by atoms with Crippen molar-refractivity contribution in [3.05, 3.63) is 45.3 Å². The molecule has 0 saturated carbocycles. The first-order chi connectivity index (χ1) is 6.99. The molecule has 0 heterocycles. The number of rotatable bonds is 1. The van der Waals surface area contributed by atoms with Gasteiger partial charge >= 0.3 is 0 Å². The Morgan fingerprint density at radius 1 is 1.20 bits per heavy atom. The van der Waals surface area contributed by atoms with Gasteiger partial charge in [0.1, 0.15) is 0 Å². The molecule has 4 nitrogen and oxygen atoms in total. The van der Waals surface area contributed by atoms with Crippen molar-refractivity contribution in [2.45, 2.75) is 0 Å². The molecule has 1 rings (SSSR count). The molecule has 78 valence electrons. The Hall–Kier alpha value is -2.08. The molecule has 8 heteroatoms. The van der Waals surface area contributed by atoms with Gasteiger partial charge in [0, 0.05) is 4.91 Å². The summed E-state index contributed by atoms with van der Waals surface area (Å²) in [4.78, 5) is 12.8. The van der Waals surface area contributed by atoms with E-state index in [4.69, 9.17) is 5.53 Å². The van der Waals surface area contributed by atoms with E-state index < -0.39 is 34.7 Å². The van der Waals surface area contributed by atoms with Crippen LogP contribution in [0.3, 0.4) is 0 Å². The number of hydrogen-bond donors (Lipinski definition) is 0. The summed E-state index contributed by atoms with van der Waals surface area (Å²) in [5, 5.41) is 2.41. The molecule has 0 unspecified atom stereocenters. The van der Waals surface area contributed by atoms with Crippen LogP contribution in [0.5, 0.6) is 0 Å². The molecular weight excluding hydrogens is 218 g/mol. The van der Waals surface area contributed by atoms with E-state index in [9.17, 15) is 22.4 Å². The first-order valence-electron chi connectivity index (χ1n) is 3.41. The van der Waals surface area contributed by atoms with Crippen LogP contribution in [0.4, 0.5) is 17.6 Å². The predicted octanol–water partition coefficient (Wildman–Crippen LogP) is 2.69. The average molecular weight is 219 g/mol. The molecular formula is C7HF4N3O. The van der Waals surface area contributed by atoms with E-state index in [0.717, 1.165) is 0 Å². The third-order valence-electron chi connectivity index (χ3n) is 1.47. The van der Waals surface area contributed by atoms with Crippen LogP contribution < -0.4 is 0 Å². The highest BCUT2D eigenvalue weighted by atomic mass is 19.2. The van der Waals surface area contributed by atoms with E-state index in [1.54, 1.807) is 0 Å². The quantitative estimate of drug-likeness (QED) is 0.179. The largest absolute Gasteiger partial charge is 0.287 e. The van der Waals surface area contributed by atoms with Crippen molar-refractivity contribution in [3.63, 3.8) is 0 Å². The number of amides is 1. The molecule has 15 heavy (non-hydrogen) atoms. The molecule has 0 radical (unpaired) electrons. The van der Waals surface area contributed by atoms with Crippen molar-refractivity contribution in [2.75, 3.05) is 0 Å². The molecule has 0 spiro atoms. The van der Waals surface area contributed by atoms with Crippen molar-refractivity contribution in [1.82, 2.24) is 0 Å². The fraction of sp³-hybridized carbons (Fsp3) is 0. The third-order valence-corrected chi connectivity index (χ3v) is 1.47. The van der Waals surface area contributed by atoms with Gasteiger partial charge in [-0.15, -0.1) is 0 Å². The lowest BCUT2D eigenvalue weighted by Gasteiger charge is -2.01. The zero-order valence-corrected chi connectivity index (χ0v) is 6.84. The van der Waals surface area contributed by atoms with Gasteiger partial charge in [0.2, 0.25) is 0 Å². The van der Waals surface area contributed by atoms with Crippen LogP contribution in [0.15, 0.2) is 11.2 Å². The van der Waals surface area contributed by atoms with E-state index in [-0.39, 0.29) is 6.07 Å². The summed E-state index contributed by atoms with van der Waals surface area (Å²) < 4.78 is 50.4. The molecule has 0 aliphatic heterocycles. The molecule has 1 aromatic rings. The molecule has 0 atom stereocenters. The highest BCUT2D eigenvalue weighted by molar-refractivity contribution is 5.95. The monoisotopic (exact) mass is 219 g/mol. The zero-order chi connectivity index (χ0) is 11.6. The Balaban J connectivity index is 3.45. The summed E-state index contributed by atoms with van der Waals surface area (Å²) >= 11 is 0. The predicted molar refractivity (Wildman–Crippen MR) is 39.8 cm³/mol. The standard InChI is InChI=1S/C7HF4N3O/c8-3-1-2(7(15)13-14-12)4(9)6(11)5(3)10/h1H. The lowest BCUT2D eigenvalue weighted by molar-refractivity contribution is 0.0994. The number of azide groups is 1. The van der Waals surface area contributed by atoms with Crippen LogP contribution in [-0.2, 0) is 0 Å². The van der Waals surface area contributed by atoms with Gasteiger partial charge in [0.15, 0.2) is 23.3 Å². The van der Waals surface area contributed by atoms with E-state index in [2.05, 4.69) is 5.11 Å². The summed E-state index contributed by atoms with van der Waals surface area (Å²) in [6.45, 7) is 0. The maximum atomic E-state index is 12.8. The molecule has 0 aromatic heterocycles. The lowest BCUT2D eigenvalue weighted by atomic mass is 10.2. The summed E-state index contributed by atoms with van der Waals surface area (Å²) in [5.41, 5.74) is 6.67. The fourth-order valence-corrected chi connectivity index (χ4v) is 0.823. The number of halogens is 4. The molecule has 0 fully saturated rings. The van der Waals surface area contributed by atoms with E-state index >= 15 is 0 Å². The van der Waals surface area contributed by atoms with Gasteiger partial charge in [0.25, 0.3) is 5.91 Å². The number of benzene rings is 1. The third kappa shape index (κ3) is 1.89. The smallest absolute Gasteiger partial charge is 0.252 e. The Kier molecular flexibility index (Phi) is 2.91. The van der Waals surface area contributed by atoms with Crippen molar-refractivity contribution in [1.29, 1.82) is 0 Å². The van der Waals surface area contributed by atoms with Crippen molar-refractivity contribution < 1.29 is 22.4 Å². The summed E-state index contributed by atoms with van der Waals surface area (Å²) in [6, 6.07) is 0.116. The fourth-order valence-electron chi connectivity index (χ4n) is 0.823. The molecule has 0 aliphatic carbocycles. The van der Waals surface area contributed by atoms with Crippen molar-refractivity contribution in [3.8, 4) is 0 Å². The second-order valence-corrected chi connectivity index (χ2v) is 2.34. The van der Waals surface area contributed by atoms with Crippen LogP contribution in [-0.4, -0.2) is 5.91 Å². The Morgan fingerprint density at radius 2 is 1.80 bits per heavy atom. The van der Waals surface area contributed by atoms with Gasteiger partial charge < -0.3 is 0 Å². The van der Waals surface area contributed by atoms with Crippen LogP contribution in [0, 0.1) is 23.3 Å². The van der Waals surface area contributed by atoms with E-state index in [0.29, 0.717) is 0 Å². The first-order valence-corrected chi connectivity index (χ1v) is 3.41. The minimum Gasteiger partial charge on any atom is -0.287 e. The zero-order valence-electron chi connectivity index (χ0n) is 6.84. The maximum Gasteiger partial charge on any atom is 0.252 e. The van der Waals surface area contributed by atoms with Crippen LogP contribution in [0.1, 0.15) is 10.4 Å². The molecule has 0 aliphatic rings. The van der Waals surface area contributed by atoms with Gasteiger partial charge in [0.05, 0.1) is 5.56 Å². The maximum absolute atomic E-state index is 12.8. The topological polar surface area (TPSA) is 65.8 Å². The van der Waals surface area contributed by atoms with E-state index in [1.807, 2.05) is 4.91 Å². The van der Waals surface area contributed by atoms with E-state index in [1.165, 1.54) is 0 Å². The molecule has 0 N–H and O–H groups in total. The van der Waals surface area contributed by atoms with Crippen molar-refractivity contribution >= 4 is 5.91 Å². The van der Waals surface area contributed by atoms with Gasteiger partial charge in [-0.1, -0.05) is 0 Å². The highest BCUT2D eigenvalue weighted by Gasteiger charge is 2.22. The summed E-state index contributed by atoms with van der Waals surface area (Å²) in [6.07, 6.45) is 0. The number of hydrogen-bond acceptors (Lipinski definition) is 1. The minimum atomic E-state index is -2.13. The Labute approximate surface area is 79.8 Å². The Bertz CT molecular complexity index is 482. The minimum absolute atomic E-state index is 0.116. The summed E-state index contributed by atoms with van der Waals surface area (Å²) in [5.74, 6) is -9.35. The van der Waals surface area contributed by atoms with Gasteiger partial charge in [-0.25, -0.2) is 17.6 Å². The van der Waals surface area contributed by atoms with Crippen LogP contribution in [0.25, 0.3) is 10.4 Å². The normalized spacial score (nSPS) is 9.60.